The van der Waals surface area contributed by atoms with Crippen LogP contribution in [0.3, 0.4) is 0 Å². The molecule has 0 aromatic rings. The van der Waals surface area contributed by atoms with Crippen molar-refractivity contribution in [1.82, 2.24) is 8.61 Å². The molecule has 0 aromatic heterocycles. The lowest BCUT2D eigenvalue weighted by Gasteiger charge is -2.39. The minimum absolute atomic E-state index is 0.177. The van der Waals surface area contributed by atoms with E-state index < -0.39 is 131 Å². The van der Waals surface area contributed by atoms with Crippen LogP contribution in [0.1, 0.15) is 19.8 Å². The van der Waals surface area contributed by atoms with E-state index in [9.17, 15) is 101 Å². The quantitative estimate of drug-likeness (QED) is 0.184. The number of sulfonamides is 2. The number of ether oxygens (including phenoxy) is 1. The molecule has 0 amide bonds. The fourth-order valence-electron chi connectivity index (χ4n) is 3.65. The van der Waals surface area contributed by atoms with Gasteiger partial charge in [0.25, 0.3) is 0 Å². The van der Waals surface area contributed by atoms with E-state index >= 15 is 0 Å². The van der Waals surface area contributed by atoms with Crippen molar-refractivity contribution in [3.05, 3.63) is 0 Å². The van der Waals surface area contributed by atoms with Crippen LogP contribution in [-0.2, 0) is 29.6 Å². The second-order valence-electron chi connectivity index (χ2n) is 9.57. The highest BCUT2D eigenvalue weighted by atomic mass is 32.2. The summed E-state index contributed by atoms with van der Waals surface area (Å²) in [7, 11) is -11.2. The first-order valence-corrected chi connectivity index (χ1v) is 15.2. The number of rotatable bonds is 14. The molecule has 0 aromatic carbocycles. The molecule has 1 rings (SSSR count). The third kappa shape index (κ3) is 8.09. The predicted molar refractivity (Wildman–Crippen MR) is 117 cm³/mol. The number of piperazine rings is 1. The van der Waals surface area contributed by atoms with Crippen molar-refractivity contribution in [2.24, 2.45) is 0 Å². The van der Waals surface area contributed by atoms with Crippen molar-refractivity contribution >= 4 is 26.0 Å². The highest BCUT2D eigenvalue weighted by Crippen LogP contribution is 2.55. The number of carbonyl (C=O) groups is 1. The zero-order valence-corrected chi connectivity index (χ0v) is 24.3. The van der Waals surface area contributed by atoms with E-state index in [1.807, 2.05) is 0 Å². The van der Waals surface area contributed by atoms with Crippen LogP contribution in [0.25, 0.3) is 0 Å². The molecule has 47 heavy (non-hydrogen) atoms. The van der Waals surface area contributed by atoms with Gasteiger partial charge in [-0.25, -0.2) is 16.8 Å². The van der Waals surface area contributed by atoms with Gasteiger partial charge in [0.05, 0.1) is 18.1 Å². The molecule has 0 aliphatic carbocycles. The van der Waals surface area contributed by atoms with Crippen LogP contribution in [-0.4, -0.2) is 123 Å². The van der Waals surface area contributed by atoms with Gasteiger partial charge in [-0.05, 0) is 6.92 Å². The van der Waals surface area contributed by atoms with E-state index in [-0.39, 0.29) is 8.61 Å². The van der Waals surface area contributed by atoms with Crippen molar-refractivity contribution in [2.75, 3.05) is 37.7 Å². The van der Waals surface area contributed by atoms with Crippen LogP contribution in [0.4, 0.5) is 79.0 Å². The lowest BCUT2D eigenvalue weighted by Crippen LogP contribution is -2.62. The molecule has 0 bridgehead atoms. The van der Waals surface area contributed by atoms with E-state index in [0.717, 1.165) is 6.92 Å². The topological polar surface area (TPSA) is 101 Å². The summed E-state index contributed by atoms with van der Waals surface area (Å²) >= 11 is 0. The average Bonchev–Trinajstić information content (AvgIpc) is 2.89. The molecule has 1 aliphatic rings. The van der Waals surface area contributed by atoms with Crippen molar-refractivity contribution in [2.45, 2.75) is 73.7 Å². The summed E-state index contributed by atoms with van der Waals surface area (Å²) in [6.45, 7) is -4.08. The third-order valence-electron chi connectivity index (χ3n) is 6.37. The van der Waals surface area contributed by atoms with E-state index in [2.05, 4.69) is 4.74 Å². The fraction of sp³-hybridized carbons (Fsp3) is 0.947. The van der Waals surface area contributed by atoms with Crippen LogP contribution in [0.15, 0.2) is 0 Å². The Morgan fingerprint density at radius 1 is 0.617 bits per heavy atom. The van der Waals surface area contributed by atoms with Gasteiger partial charge in [0.1, 0.15) is 6.04 Å². The van der Waals surface area contributed by atoms with E-state index in [1.54, 1.807) is 0 Å². The molecule has 1 aliphatic heterocycles. The molecule has 1 fully saturated rings. The van der Waals surface area contributed by atoms with Gasteiger partial charge >= 0.3 is 53.9 Å². The number of alkyl halides is 18. The normalized spacial score (nSPS) is 19.6. The molecule has 0 N–H and O–H groups in total. The first-order chi connectivity index (χ1) is 20.5. The smallest absolute Gasteiger partial charge is 0.460 e. The van der Waals surface area contributed by atoms with E-state index in [4.69, 9.17) is 0 Å². The van der Waals surface area contributed by atoms with Gasteiger partial charge in [-0.2, -0.15) is 87.6 Å². The monoisotopic (exact) mass is 778 g/mol. The molecule has 1 unspecified atom stereocenters. The lowest BCUT2D eigenvalue weighted by molar-refractivity contribution is -0.396. The Balaban J connectivity index is 3.30. The summed E-state index contributed by atoms with van der Waals surface area (Å²) in [6.07, 6.45) is -20.4. The Bertz CT molecular complexity index is 1350. The number of hydrogen-bond acceptors (Lipinski definition) is 6. The van der Waals surface area contributed by atoms with E-state index in [1.165, 1.54) is 0 Å². The molecule has 1 atom stereocenters. The highest BCUT2D eigenvalue weighted by molar-refractivity contribution is 7.89. The van der Waals surface area contributed by atoms with Crippen molar-refractivity contribution in [1.29, 1.82) is 0 Å². The Morgan fingerprint density at radius 2 is 0.979 bits per heavy atom. The summed E-state index contributed by atoms with van der Waals surface area (Å²) < 4.78 is 290. The van der Waals surface area contributed by atoms with Crippen molar-refractivity contribution in [3.8, 4) is 0 Å². The summed E-state index contributed by atoms with van der Waals surface area (Å²) in [5, 5.41) is 0. The second kappa shape index (κ2) is 13.1. The minimum atomic E-state index is -7.40. The number of hydrogen-bond donors (Lipinski definition) is 0. The Labute approximate surface area is 252 Å². The maximum atomic E-state index is 13.9. The van der Waals surface area contributed by atoms with Gasteiger partial charge in [-0.3, -0.25) is 4.79 Å². The second-order valence-corrected chi connectivity index (χ2v) is 13.7. The predicted octanol–water partition coefficient (Wildman–Crippen LogP) is 4.91. The first-order valence-electron chi connectivity index (χ1n) is 12.0. The lowest BCUT2D eigenvalue weighted by atomic mass is 10.0. The van der Waals surface area contributed by atoms with E-state index in [0.29, 0.717) is 0 Å². The van der Waals surface area contributed by atoms with Gasteiger partial charge in [0.2, 0.25) is 20.0 Å². The van der Waals surface area contributed by atoms with Crippen molar-refractivity contribution in [3.63, 3.8) is 0 Å². The zero-order chi connectivity index (χ0) is 37.7. The van der Waals surface area contributed by atoms with Crippen molar-refractivity contribution < 1.29 is 105 Å². The van der Waals surface area contributed by atoms with Crippen LogP contribution >= 0.6 is 0 Å². The Kier molecular flexibility index (Phi) is 12.0. The number of esters is 1. The SMILES string of the molecule is CCOC(=O)C1CN(S(=O)(=O)CCC(F)(F)C(F)(F)C(F)(F)C(F)(F)F)CCN1S(=O)(=O)CCC(F)(F)C(F)(F)C(F)(F)C(F)(F)F. The van der Waals surface area contributed by atoms with Crippen LogP contribution in [0.2, 0.25) is 0 Å². The first kappa shape index (κ1) is 43.1. The molecule has 8 nitrogen and oxygen atoms in total. The minimum Gasteiger partial charge on any atom is -0.465 e. The maximum Gasteiger partial charge on any atom is 0.460 e. The standard InChI is InChI=1S/C19H20F18N2O6S2/c1-2-45-11(40)10-9-38(46(41,42)7-3-12(20,21)14(24,25)16(28,29)18(32,33)34)5-6-39(10)47(43,44)8-4-13(22,23)15(26,27)17(30,31)19(35,36)37/h10H,2-9H2,1H3. The summed E-state index contributed by atoms with van der Waals surface area (Å²) in [5.74, 6) is -48.6. The van der Waals surface area contributed by atoms with Crippen LogP contribution in [0.5, 0.6) is 0 Å². The molecule has 0 radical (unpaired) electrons. The molecular formula is C19H20F18N2O6S2. The molecule has 0 spiro atoms. The zero-order valence-electron chi connectivity index (χ0n) is 22.7. The Morgan fingerprint density at radius 3 is 1.32 bits per heavy atom. The molecule has 1 saturated heterocycles. The van der Waals surface area contributed by atoms with Gasteiger partial charge in [-0.1, -0.05) is 0 Å². The summed E-state index contributed by atoms with van der Waals surface area (Å²) in [4.78, 5) is 12.3. The molecule has 0 saturated carbocycles. The number of carbonyl (C=O) groups excluding carboxylic acids is 1. The van der Waals surface area contributed by atoms with Crippen LogP contribution < -0.4 is 0 Å². The fourth-order valence-corrected chi connectivity index (χ4v) is 6.80. The third-order valence-corrected chi connectivity index (χ3v) is 10.1. The Hall–Kier alpha value is -1.97. The average molecular weight is 778 g/mol. The highest BCUT2D eigenvalue weighted by Gasteiger charge is 2.82. The number of halogens is 18. The molecule has 28 heteroatoms. The van der Waals surface area contributed by atoms with Gasteiger partial charge in [0, 0.05) is 32.5 Å². The van der Waals surface area contributed by atoms with Gasteiger partial charge < -0.3 is 4.74 Å². The molecular weight excluding hydrogens is 758 g/mol. The maximum absolute atomic E-state index is 13.9. The molecule has 1 heterocycles. The van der Waals surface area contributed by atoms with Gasteiger partial charge in [0.15, 0.2) is 0 Å². The summed E-state index contributed by atoms with van der Waals surface area (Å²) in [5.41, 5.74) is 0. The number of nitrogens with zero attached hydrogens (tertiary/aromatic N) is 2. The molecule has 280 valence electrons. The van der Waals surface area contributed by atoms with Gasteiger partial charge in [-0.15, -0.1) is 0 Å². The summed E-state index contributed by atoms with van der Waals surface area (Å²) in [6, 6.07) is -2.59. The van der Waals surface area contributed by atoms with Crippen LogP contribution in [0, 0.1) is 0 Å². The largest absolute Gasteiger partial charge is 0.465 e.